The lowest BCUT2D eigenvalue weighted by Crippen LogP contribution is -1.94. The molecule has 0 spiro atoms. The van der Waals surface area contributed by atoms with Crippen molar-refractivity contribution in [2.45, 2.75) is 0 Å². The van der Waals surface area contributed by atoms with Gasteiger partial charge in [0.1, 0.15) is 0 Å². The van der Waals surface area contributed by atoms with E-state index >= 15 is 0 Å². The Morgan fingerprint density at radius 3 is 1.59 bits per heavy atom. The second-order valence-electron chi connectivity index (χ2n) is 10.2. The van der Waals surface area contributed by atoms with Crippen LogP contribution in [-0.4, -0.2) is 9.13 Å². The summed E-state index contributed by atoms with van der Waals surface area (Å²) >= 11 is 1.87. The van der Waals surface area contributed by atoms with E-state index in [-0.39, 0.29) is 0 Å². The number of hydrogen-bond donors (Lipinski definition) is 0. The number of hydrogen-bond acceptors (Lipinski definition) is 1. The molecule has 182 valence electrons. The Morgan fingerprint density at radius 2 is 0.897 bits per heavy atom. The van der Waals surface area contributed by atoms with Crippen molar-refractivity contribution >= 4 is 75.1 Å². The van der Waals surface area contributed by atoms with Gasteiger partial charge in [0.15, 0.2) is 0 Å². The highest BCUT2D eigenvalue weighted by Crippen LogP contribution is 2.43. The topological polar surface area (TPSA) is 9.86 Å². The fraction of sp³-hybridized carbons (Fsp3) is 0. The Balaban J connectivity index is 1.43. The van der Waals surface area contributed by atoms with Gasteiger partial charge in [-0.05, 0) is 54.6 Å². The van der Waals surface area contributed by atoms with Crippen LogP contribution in [0, 0.1) is 0 Å². The van der Waals surface area contributed by atoms with Crippen LogP contribution in [0.5, 0.6) is 0 Å². The number of rotatable bonds is 2. The zero-order valence-electron chi connectivity index (χ0n) is 21.0. The summed E-state index contributed by atoms with van der Waals surface area (Å²) in [6, 6.07) is 48.6. The highest BCUT2D eigenvalue weighted by atomic mass is 32.1. The van der Waals surface area contributed by atoms with Gasteiger partial charge < -0.3 is 9.13 Å². The maximum Gasteiger partial charge on any atom is 0.0548 e. The molecule has 9 rings (SSSR count). The van der Waals surface area contributed by atoms with E-state index < -0.39 is 0 Å². The fourth-order valence-electron chi connectivity index (χ4n) is 6.51. The van der Waals surface area contributed by atoms with Crippen LogP contribution >= 0.6 is 11.3 Å². The standard InChI is InChI=1S/C36H22N2S/c1-2-10-23(11-3-1)37-29-15-7-4-13-27(29)35-31(37)20-21-32-36(35)28-14-5-8-16-30(28)38(32)24-18-19-26-25-12-6-9-17-33(25)39-34(26)22-24/h1-22H. The van der Waals surface area contributed by atoms with Gasteiger partial charge in [0.2, 0.25) is 0 Å². The molecule has 0 fully saturated rings. The van der Waals surface area contributed by atoms with Crippen molar-refractivity contribution in [2.75, 3.05) is 0 Å². The molecule has 3 aromatic heterocycles. The predicted octanol–water partition coefficient (Wildman–Crippen LogP) is 10.2. The first-order chi connectivity index (χ1) is 19.4. The van der Waals surface area contributed by atoms with Crippen molar-refractivity contribution in [3.8, 4) is 11.4 Å². The molecule has 0 aliphatic rings. The molecule has 3 heterocycles. The number of benzene rings is 6. The summed E-state index contributed by atoms with van der Waals surface area (Å²) in [6.07, 6.45) is 0. The SMILES string of the molecule is c1ccc(-n2c3ccccc3c3c4c5ccccc5n(-c5ccc6c(c5)sc5ccccc56)c4ccc32)cc1. The van der Waals surface area contributed by atoms with Gasteiger partial charge in [0.25, 0.3) is 0 Å². The Labute approximate surface area is 228 Å². The molecule has 0 aliphatic heterocycles. The number of fused-ring (bicyclic) bond motifs is 10. The lowest BCUT2D eigenvalue weighted by atomic mass is 10.1. The van der Waals surface area contributed by atoms with Gasteiger partial charge in [-0.25, -0.2) is 0 Å². The summed E-state index contributed by atoms with van der Waals surface area (Å²) < 4.78 is 7.51. The minimum absolute atomic E-state index is 1.18. The molecule has 0 aliphatic carbocycles. The molecular weight excluding hydrogens is 492 g/mol. The third-order valence-electron chi connectivity index (χ3n) is 8.11. The van der Waals surface area contributed by atoms with Gasteiger partial charge in [0.05, 0.1) is 22.1 Å². The van der Waals surface area contributed by atoms with Gasteiger partial charge in [-0.1, -0.05) is 78.9 Å². The minimum Gasteiger partial charge on any atom is -0.309 e. The second-order valence-corrected chi connectivity index (χ2v) is 11.3. The number of thiophene rings is 1. The number of nitrogens with zero attached hydrogens (tertiary/aromatic N) is 2. The van der Waals surface area contributed by atoms with Crippen molar-refractivity contribution in [1.29, 1.82) is 0 Å². The zero-order chi connectivity index (χ0) is 25.5. The van der Waals surface area contributed by atoms with Crippen molar-refractivity contribution in [3.63, 3.8) is 0 Å². The maximum absolute atomic E-state index is 2.45. The summed E-state index contributed by atoms with van der Waals surface area (Å²) in [4.78, 5) is 0. The molecular formula is C36H22N2S. The van der Waals surface area contributed by atoms with Crippen LogP contribution in [0.15, 0.2) is 133 Å². The lowest BCUT2D eigenvalue weighted by Gasteiger charge is -2.09. The van der Waals surface area contributed by atoms with Crippen molar-refractivity contribution in [3.05, 3.63) is 133 Å². The van der Waals surface area contributed by atoms with E-state index in [0.717, 1.165) is 0 Å². The van der Waals surface area contributed by atoms with E-state index in [1.807, 2.05) is 11.3 Å². The van der Waals surface area contributed by atoms with Crippen LogP contribution in [0.1, 0.15) is 0 Å². The first-order valence-electron chi connectivity index (χ1n) is 13.3. The monoisotopic (exact) mass is 514 g/mol. The van der Waals surface area contributed by atoms with E-state index in [1.54, 1.807) is 0 Å². The minimum atomic E-state index is 1.18. The molecule has 6 aromatic carbocycles. The molecule has 3 heteroatoms. The largest absolute Gasteiger partial charge is 0.309 e. The molecule has 9 aromatic rings. The summed E-state index contributed by atoms with van der Waals surface area (Å²) in [5.74, 6) is 0. The molecule has 0 N–H and O–H groups in total. The van der Waals surface area contributed by atoms with Crippen LogP contribution in [0.3, 0.4) is 0 Å². The summed E-state index contributed by atoms with van der Waals surface area (Å²) in [7, 11) is 0. The average molecular weight is 515 g/mol. The summed E-state index contributed by atoms with van der Waals surface area (Å²) in [5, 5.41) is 7.85. The van der Waals surface area contributed by atoms with Crippen LogP contribution in [0.25, 0.3) is 75.2 Å². The highest BCUT2D eigenvalue weighted by Gasteiger charge is 2.20. The zero-order valence-corrected chi connectivity index (χ0v) is 21.8. The van der Waals surface area contributed by atoms with Crippen molar-refractivity contribution < 1.29 is 0 Å². The van der Waals surface area contributed by atoms with E-state index in [1.165, 1.54) is 75.2 Å². The van der Waals surface area contributed by atoms with Gasteiger partial charge in [-0.2, -0.15) is 0 Å². The third-order valence-corrected chi connectivity index (χ3v) is 9.24. The molecule has 0 atom stereocenters. The van der Waals surface area contributed by atoms with Gasteiger partial charge in [-0.3, -0.25) is 0 Å². The molecule has 39 heavy (non-hydrogen) atoms. The molecule has 0 amide bonds. The number of para-hydroxylation sites is 3. The summed E-state index contributed by atoms with van der Waals surface area (Å²) in [5.41, 5.74) is 7.32. The Morgan fingerprint density at radius 1 is 0.359 bits per heavy atom. The predicted molar refractivity (Wildman–Crippen MR) is 168 cm³/mol. The molecule has 0 saturated carbocycles. The maximum atomic E-state index is 2.45. The van der Waals surface area contributed by atoms with Crippen LogP contribution in [0.4, 0.5) is 0 Å². The third kappa shape index (κ3) is 2.85. The summed E-state index contributed by atoms with van der Waals surface area (Å²) in [6.45, 7) is 0. The average Bonchev–Trinajstić information content (AvgIpc) is 3.64. The molecule has 0 bridgehead atoms. The quantitative estimate of drug-likeness (QED) is 0.217. The van der Waals surface area contributed by atoms with Crippen LogP contribution in [0.2, 0.25) is 0 Å². The Bertz CT molecular complexity index is 2390. The molecule has 2 nitrogen and oxygen atoms in total. The van der Waals surface area contributed by atoms with E-state index in [4.69, 9.17) is 0 Å². The van der Waals surface area contributed by atoms with Crippen molar-refractivity contribution in [2.24, 2.45) is 0 Å². The Kier molecular flexibility index (Phi) is 4.24. The second kappa shape index (κ2) is 7.83. The van der Waals surface area contributed by atoms with Crippen LogP contribution in [-0.2, 0) is 0 Å². The lowest BCUT2D eigenvalue weighted by molar-refractivity contribution is 1.17. The molecule has 0 unspecified atom stereocenters. The number of aromatic nitrogens is 2. The van der Waals surface area contributed by atoms with Gasteiger partial charge in [0, 0.05) is 53.1 Å². The van der Waals surface area contributed by atoms with Gasteiger partial charge in [-0.15, -0.1) is 11.3 Å². The first kappa shape index (κ1) is 21.1. The normalized spacial score (nSPS) is 12.1. The first-order valence-corrected chi connectivity index (χ1v) is 14.1. The van der Waals surface area contributed by atoms with E-state index in [2.05, 4.69) is 143 Å². The molecule has 0 radical (unpaired) electrons. The smallest absolute Gasteiger partial charge is 0.0548 e. The van der Waals surface area contributed by atoms with Crippen LogP contribution < -0.4 is 0 Å². The van der Waals surface area contributed by atoms with Crippen molar-refractivity contribution in [1.82, 2.24) is 9.13 Å². The van der Waals surface area contributed by atoms with E-state index in [9.17, 15) is 0 Å². The fourth-order valence-corrected chi connectivity index (χ4v) is 7.64. The van der Waals surface area contributed by atoms with Gasteiger partial charge >= 0.3 is 0 Å². The highest BCUT2D eigenvalue weighted by molar-refractivity contribution is 7.25. The Hall–Kier alpha value is -4.86. The molecule has 0 saturated heterocycles. The van der Waals surface area contributed by atoms with E-state index in [0.29, 0.717) is 0 Å².